The number of ether oxygens (including phenoxy) is 2. The molecule has 2 aromatic heterocycles. The molecule has 0 spiro atoms. The molecule has 1 N–H and O–H groups in total. The van der Waals surface area contributed by atoms with Gasteiger partial charge in [-0.15, -0.1) is 10.2 Å². The van der Waals surface area contributed by atoms with Gasteiger partial charge in [0.05, 0.1) is 14.2 Å². The average Bonchev–Trinajstić information content (AvgIpc) is 3.02. The van der Waals surface area contributed by atoms with Crippen LogP contribution in [0, 0.1) is 6.92 Å². The molecule has 0 radical (unpaired) electrons. The molecule has 0 aliphatic heterocycles. The molecule has 124 valence electrons. The maximum absolute atomic E-state index is 5.51. The zero-order chi connectivity index (χ0) is 17.1. The number of para-hydroxylation sites is 1. The maximum Gasteiger partial charge on any atom is 0.187 e. The van der Waals surface area contributed by atoms with Crippen LogP contribution in [0.1, 0.15) is 5.82 Å². The second-order valence-electron chi connectivity index (χ2n) is 5.08. The van der Waals surface area contributed by atoms with Crippen molar-refractivity contribution in [2.75, 3.05) is 26.6 Å². The number of hydrogen-bond donors (Lipinski definition) is 1. The number of methoxy groups -OCH3 is 2. The average molecular weight is 325 g/mol. The highest BCUT2D eigenvalue weighted by Gasteiger charge is 2.21. The quantitative estimate of drug-likeness (QED) is 0.777. The number of nitrogens with zero attached hydrogens (tertiary/aromatic N) is 4. The predicted octanol–water partition coefficient (Wildman–Crippen LogP) is 2.70. The number of hydrogen-bond acceptors (Lipinski definition) is 6. The molecular formula is C17H19N5O2. The second kappa shape index (κ2) is 6.57. The van der Waals surface area contributed by atoms with Crippen LogP contribution in [0.25, 0.3) is 17.2 Å². The molecule has 0 atom stereocenters. The van der Waals surface area contributed by atoms with Crippen molar-refractivity contribution in [3.63, 3.8) is 0 Å². The molecule has 7 heteroatoms. The van der Waals surface area contributed by atoms with Crippen LogP contribution in [0.2, 0.25) is 0 Å². The van der Waals surface area contributed by atoms with E-state index in [9.17, 15) is 0 Å². The number of aromatic nitrogens is 4. The number of benzene rings is 1. The van der Waals surface area contributed by atoms with Crippen LogP contribution in [0.5, 0.6) is 11.5 Å². The van der Waals surface area contributed by atoms with Gasteiger partial charge in [-0.25, -0.2) is 4.98 Å². The van der Waals surface area contributed by atoms with Gasteiger partial charge in [0.15, 0.2) is 5.82 Å². The van der Waals surface area contributed by atoms with Crippen molar-refractivity contribution in [1.82, 2.24) is 19.7 Å². The van der Waals surface area contributed by atoms with Gasteiger partial charge in [-0.3, -0.25) is 4.57 Å². The Labute approximate surface area is 140 Å². The number of anilines is 1. The van der Waals surface area contributed by atoms with E-state index in [1.807, 2.05) is 54.9 Å². The molecule has 0 aliphatic carbocycles. The zero-order valence-corrected chi connectivity index (χ0v) is 14.1. The molecule has 3 rings (SSSR count). The minimum Gasteiger partial charge on any atom is -0.494 e. The molecule has 0 aliphatic rings. The highest BCUT2D eigenvalue weighted by Crippen LogP contribution is 2.35. The highest BCUT2D eigenvalue weighted by molar-refractivity contribution is 5.64. The fourth-order valence-corrected chi connectivity index (χ4v) is 2.55. The van der Waals surface area contributed by atoms with Gasteiger partial charge < -0.3 is 14.8 Å². The largest absolute Gasteiger partial charge is 0.494 e. The summed E-state index contributed by atoms with van der Waals surface area (Å²) >= 11 is 0. The van der Waals surface area contributed by atoms with Crippen LogP contribution in [0.15, 0.2) is 36.4 Å². The van der Waals surface area contributed by atoms with Crippen LogP contribution < -0.4 is 14.8 Å². The van der Waals surface area contributed by atoms with Gasteiger partial charge in [-0.05, 0) is 31.2 Å². The molecular weight excluding hydrogens is 306 g/mol. The van der Waals surface area contributed by atoms with Gasteiger partial charge in [0, 0.05) is 7.05 Å². The summed E-state index contributed by atoms with van der Waals surface area (Å²) < 4.78 is 12.9. The van der Waals surface area contributed by atoms with Gasteiger partial charge in [-0.2, -0.15) is 0 Å². The molecule has 0 amide bonds. The molecule has 0 bridgehead atoms. The Morgan fingerprint density at radius 2 is 1.62 bits per heavy atom. The number of aryl methyl sites for hydroxylation is 1. The molecule has 0 unspecified atom stereocenters. The first-order valence-electron chi connectivity index (χ1n) is 7.48. The molecule has 0 saturated heterocycles. The van der Waals surface area contributed by atoms with E-state index in [4.69, 9.17) is 9.47 Å². The molecule has 3 aromatic rings. The third-order valence-electron chi connectivity index (χ3n) is 3.68. The molecule has 1 aromatic carbocycles. The Kier molecular flexibility index (Phi) is 4.33. The summed E-state index contributed by atoms with van der Waals surface area (Å²) in [5, 5.41) is 11.5. The Hall–Kier alpha value is -3.09. The SMILES string of the molecule is CNc1cccc(-c2nnc(C)n2-c2c(OC)cccc2OC)n1. The standard InChI is InChI=1S/C17H19N5O2/c1-11-20-21-17(12-7-5-10-15(18-2)19-12)22(11)16-13(23-3)8-6-9-14(16)24-4/h5-10H,1-4H3,(H,18,19). The summed E-state index contributed by atoms with van der Waals surface area (Å²) in [5.41, 5.74) is 1.45. The Balaban J connectivity index is 2.26. The fraction of sp³-hybridized carbons (Fsp3) is 0.235. The molecule has 24 heavy (non-hydrogen) atoms. The lowest BCUT2D eigenvalue weighted by Gasteiger charge is -2.16. The van der Waals surface area contributed by atoms with Crippen LogP contribution >= 0.6 is 0 Å². The van der Waals surface area contributed by atoms with E-state index in [0.29, 0.717) is 28.8 Å². The second-order valence-corrected chi connectivity index (χ2v) is 5.08. The zero-order valence-electron chi connectivity index (χ0n) is 14.1. The minimum atomic E-state index is 0.618. The first-order valence-corrected chi connectivity index (χ1v) is 7.48. The fourth-order valence-electron chi connectivity index (χ4n) is 2.55. The first kappa shape index (κ1) is 15.8. The van der Waals surface area contributed by atoms with Gasteiger partial charge >= 0.3 is 0 Å². The number of rotatable bonds is 5. The molecule has 0 saturated carbocycles. The summed E-state index contributed by atoms with van der Waals surface area (Å²) in [4.78, 5) is 4.56. The lowest BCUT2D eigenvalue weighted by molar-refractivity contribution is 0.391. The lowest BCUT2D eigenvalue weighted by atomic mass is 10.2. The van der Waals surface area contributed by atoms with E-state index in [2.05, 4.69) is 20.5 Å². The van der Waals surface area contributed by atoms with Crippen molar-refractivity contribution in [2.24, 2.45) is 0 Å². The van der Waals surface area contributed by atoms with E-state index in [0.717, 1.165) is 11.5 Å². The van der Waals surface area contributed by atoms with Crippen molar-refractivity contribution in [3.8, 4) is 28.7 Å². The van der Waals surface area contributed by atoms with E-state index in [1.54, 1.807) is 14.2 Å². The van der Waals surface area contributed by atoms with Crippen molar-refractivity contribution >= 4 is 5.82 Å². The monoisotopic (exact) mass is 325 g/mol. The third-order valence-corrected chi connectivity index (χ3v) is 3.68. The third kappa shape index (κ3) is 2.64. The minimum absolute atomic E-state index is 0.618. The summed E-state index contributed by atoms with van der Waals surface area (Å²) in [6.45, 7) is 1.88. The Morgan fingerprint density at radius 1 is 0.958 bits per heavy atom. The van der Waals surface area contributed by atoms with E-state index in [-0.39, 0.29) is 0 Å². The van der Waals surface area contributed by atoms with Gasteiger partial charge in [0.25, 0.3) is 0 Å². The van der Waals surface area contributed by atoms with Gasteiger partial charge in [0.2, 0.25) is 0 Å². The van der Waals surface area contributed by atoms with E-state index in [1.165, 1.54) is 0 Å². The first-order chi connectivity index (χ1) is 11.7. The normalized spacial score (nSPS) is 10.5. The van der Waals surface area contributed by atoms with Crippen molar-refractivity contribution in [1.29, 1.82) is 0 Å². The summed E-state index contributed by atoms with van der Waals surface area (Å²) in [7, 11) is 5.07. The summed E-state index contributed by atoms with van der Waals surface area (Å²) in [6, 6.07) is 11.3. The Morgan fingerprint density at radius 3 is 2.25 bits per heavy atom. The maximum atomic E-state index is 5.51. The Bertz CT molecular complexity index is 838. The topological polar surface area (TPSA) is 74.1 Å². The van der Waals surface area contributed by atoms with Crippen LogP contribution in [-0.4, -0.2) is 41.0 Å². The summed E-state index contributed by atoms with van der Waals surface area (Å²) in [5.74, 6) is 3.43. The van der Waals surface area contributed by atoms with Crippen LogP contribution in [0.3, 0.4) is 0 Å². The number of pyridine rings is 1. The van der Waals surface area contributed by atoms with E-state index >= 15 is 0 Å². The molecule has 7 nitrogen and oxygen atoms in total. The molecule has 0 fully saturated rings. The highest BCUT2D eigenvalue weighted by atomic mass is 16.5. The predicted molar refractivity (Wildman–Crippen MR) is 92.0 cm³/mol. The van der Waals surface area contributed by atoms with Crippen molar-refractivity contribution in [3.05, 3.63) is 42.2 Å². The summed E-state index contributed by atoms with van der Waals surface area (Å²) in [6.07, 6.45) is 0. The lowest BCUT2D eigenvalue weighted by Crippen LogP contribution is -2.06. The smallest absolute Gasteiger partial charge is 0.187 e. The van der Waals surface area contributed by atoms with Crippen molar-refractivity contribution < 1.29 is 9.47 Å². The molecule has 2 heterocycles. The van der Waals surface area contributed by atoms with Gasteiger partial charge in [0.1, 0.15) is 34.5 Å². The van der Waals surface area contributed by atoms with Gasteiger partial charge in [-0.1, -0.05) is 12.1 Å². The van der Waals surface area contributed by atoms with E-state index < -0.39 is 0 Å². The number of nitrogens with one attached hydrogen (secondary N) is 1. The van der Waals surface area contributed by atoms with Crippen LogP contribution in [-0.2, 0) is 0 Å². The van der Waals surface area contributed by atoms with Crippen LogP contribution in [0.4, 0.5) is 5.82 Å². The van der Waals surface area contributed by atoms with Crippen molar-refractivity contribution in [2.45, 2.75) is 6.92 Å².